The summed E-state index contributed by atoms with van der Waals surface area (Å²) in [7, 11) is 1.57. The Morgan fingerprint density at radius 1 is 1.29 bits per heavy atom. The van der Waals surface area contributed by atoms with Gasteiger partial charge in [-0.05, 0) is 41.5 Å². The number of hydrogen-bond acceptors (Lipinski definition) is 4. The number of carbonyl (C=O) groups is 2. The van der Waals surface area contributed by atoms with Gasteiger partial charge < -0.3 is 14.5 Å². The Labute approximate surface area is 174 Å². The monoisotopic (exact) mass is 420 g/mol. The summed E-state index contributed by atoms with van der Waals surface area (Å²) in [6.45, 7) is 3.43. The average Bonchev–Trinajstić information content (AvgIpc) is 3.19. The van der Waals surface area contributed by atoms with E-state index < -0.39 is 0 Å². The van der Waals surface area contributed by atoms with Crippen molar-refractivity contribution in [3.05, 3.63) is 57.3 Å². The van der Waals surface area contributed by atoms with Crippen LogP contribution in [0.5, 0.6) is 0 Å². The molecule has 0 fully saturated rings. The van der Waals surface area contributed by atoms with Gasteiger partial charge >= 0.3 is 0 Å². The molecule has 0 radical (unpaired) electrons. The first-order chi connectivity index (χ1) is 13.6. The van der Waals surface area contributed by atoms with Crippen molar-refractivity contribution in [2.45, 2.75) is 19.4 Å². The predicted octanol–water partition coefficient (Wildman–Crippen LogP) is 3.24. The molecule has 2 aromatic rings. The van der Waals surface area contributed by atoms with Gasteiger partial charge in [-0.25, -0.2) is 0 Å². The van der Waals surface area contributed by atoms with Crippen LogP contribution in [-0.2, 0) is 20.7 Å². The molecule has 0 N–H and O–H groups in total. The van der Waals surface area contributed by atoms with E-state index >= 15 is 0 Å². The van der Waals surface area contributed by atoms with Crippen LogP contribution in [0.4, 0.5) is 0 Å². The third-order valence-corrected chi connectivity index (χ3v) is 6.35. The Morgan fingerprint density at radius 2 is 2.07 bits per heavy atom. The zero-order valence-electron chi connectivity index (χ0n) is 16.2. The second-order valence-electron chi connectivity index (χ2n) is 6.84. The maximum Gasteiger partial charge on any atom is 0.242 e. The Kier molecular flexibility index (Phi) is 7.10. The van der Waals surface area contributed by atoms with Crippen LogP contribution in [0.1, 0.15) is 27.6 Å². The number of halogens is 1. The molecule has 0 aliphatic carbocycles. The summed E-state index contributed by atoms with van der Waals surface area (Å²) < 4.78 is 5.08. The molecule has 28 heavy (non-hydrogen) atoms. The first-order valence-corrected chi connectivity index (χ1v) is 10.7. The molecule has 2 amide bonds. The number of nitrogens with zero attached hydrogens (tertiary/aromatic N) is 2. The fraction of sp³-hybridized carbons (Fsp3) is 0.429. The number of carbonyl (C=O) groups excluding carboxylic acids is 2. The SMILES string of the molecule is COCCN(CC(=O)N1CCc2sccc2[C@@H]1c1ccccc1C)C(=O)CCl. The topological polar surface area (TPSA) is 49.9 Å². The molecule has 1 aromatic heterocycles. The number of thiophene rings is 1. The lowest BCUT2D eigenvalue weighted by atomic mass is 9.90. The summed E-state index contributed by atoms with van der Waals surface area (Å²) in [5.74, 6) is -0.472. The first-order valence-electron chi connectivity index (χ1n) is 9.30. The average molecular weight is 421 g/mol. The summed E-state index contributed by atoms with van der Waals surface area (Å²) in [6, 6.07) is 10.2. The van der Waals surface area contributed by atoms with E-state index in [4.69, 9.17) is 16.3 Å². The summed E-state index contributed by atoms with van der Waals surface area (Å²) >= 11 is 7.48. The van der Waals surface area contributed by atoms with Gasteiger partial charge in [-0.15, -0.1) is 22.9 Å². The predicted molar refractivity (Wildman–Crippen MR) is 112 cm³/mol. The minimum absolute atomic E-state index is 0.0107. The number of hydrogen-bond donors (Lipinski definition) is 0. The molecular formula is C21H25ClN2O3S. The highest BCUT2D eigenvalue weighted by Gasteiger charge is 2.34. The van der Waals surface area contributed by atoms with Crippen molar-refractivity contribution in [2.24, 2.45) is 0 Å². The number of amides is 2. The highest BCUT2D eigenvalue weighted by molar-refractivity contribution is 7.10. The molecule has 1 aromatic carbocycles. The summed E-state index contributed by atoms with van der Waals surface area (Å²) in [5, 5.41) is 2.09. The zero-order valence-corrected chi connectivity index (χ0v) is 17.8. The largest absolute Gasteiger partial charge is 0.383 e. The maximum absolute atomic E-state index is 13.3. The van der Waals surface area contributed by atoms with Crippen LogP contribution in [0.15, 0.2) is 35.7 Å². The molecule has 0 spiro atoms. The van der Waals surface area contributed by atoms with E-state index in [1.165, 1.54) is 15.3 Å². The van der Waals surface area contributed by atoms with Crippen molar-refractivity contribution in [3.63, 3.8) is 0 Å². The van der Waals surface area contributed by atoms with Crippen LogP contribution >= 0.6 is 22.9 Å². The first kappa shape index (κ1) is 20.8. The number of rotatable bonds is 7. The van der Waals surface area contributed by atoms with Gasteiger partial charge in [0, 0.05) is 25.1 Å². The van der Waals surface area contributed by atoms with Crippen LogP contribution in [0, 0.1) is 6.92 Å². The van der Waals surface area contributed by atoms with Crippen LogP contribution < -0.4 is 0 Å². The van der Waals surface area contributed by atoms with E-state index in [0.717, 1.165) is 17.5 Å². The van der Waals surface area contributed by atoms with Gasteiger partial charge in [0.2, 0.25) is 11.8 Å². The number of aryl methyl sites for hydroxylation is 1. The zero-order chi connectivity index (χ0) is 20.1. The summed E-state index contributed by atoms with van der Waals surface area (Å²) in [6.07, 6.45) is 0.836. The Hall–Kier alpha value is -1.89. The van der Waals surface area contributed by atoms with Crippen LogP contribution in [-0.4, -0.2) is 60.8 Å². The molecule has 7 heteroatoms. The van der Waals surface area contributed by atoms with Gasteiger partial charge in [0.05, 0.1) is 19.2 Å². The summed E-state index contributed by atoms with van der Waals surface area (Å²) in [5.41, 5.74) is 3.46. The minimum atomic E-state index is -0.257. The summed E-state index contributed by atoms with van der Waals surface area (Å²) in [4.78, 5) is 30.1. The van der Waals surface area contributed by atoms with E-state index in [2.05, 4.69) is 30.5 Å². The normalized spacial score (nSPS) is 16.0. The Bertz CT molecular complexity index is 839. The van der Waals surface area contributed by atoms with Crippen LogP contribution in [0.3, 0.4) is 0 Å². The molecular weight excluding hydrogens is 396 g/mol. The molecule has 3 rings (SSSR count). The lowest BCUT2D eigenvalue weighted by Gasteiger charge is -2.38. The van der Waals surface area contributed by atoms with Crippen molar-refractivity contribution < 1.29 is 14.3 Å². The molecule has 2 heterocycles. The van der Waals surface area contributed by atoms with E-state index in [-0.39, 0.29) is 30.3 Å². The Balaban J connectivity index is 1.89. The second-order valence-corrected chi connectivity index (χ2v) is 8.11. The highest BCUT2D eigenvalue weighted by atomic mass is 35.5. The van der Waals surface area contributed by atoms with Gasteiger partial charge in [0.25, 0.3) is 0 Å². The number of ether oxygens (including phenoxy) is 1. The van der Waals surface area contributed by atoms with Gasteiger partial charge in [-0.3, -0.25) is 9.59 Å². The lowest BCUT2D eigenvalue weighted by Crippen LogP contribution is -2.47. The van der Waals surface area contributed by atoms with Gasteiger partial charge in [0.1, 0.15) is 5.88 Å². The molecule has 1 atom stereocenters. The van der Waals surface area contributed by atoms with Crippen molar-refractivity contribution in [1.82, 2.24) is 9.80 Å². The van der Waals surface area contributed by atoms with Crippen LogP contribution in [0.2, 0.25) is 0 Å². The Morgan fingerprint density at radius 3 is 2.79 bits per heavy atom. The van der Waals surface area contributed by atoms with Gasteiger partial charge in [-0.2, -0.15) is 0 Å². The van der Waals surface area contributed by atoms with Crippen molar-refractivity contribution >= 4 is 34.8 Å². The fourth-order valence-electron chi connectivity index (χ4n) is 3.65. The minimum Gasteiger partial charge on any atom is -0.383 e. The van der Waals surface area contributed by atoms with E-state index in [1.807, 2.05) is 17.0 Å². The van der Waals surface area contributed by atoms with Crippen molar-refractivity contribution in [1.29, 1.82) is 0 Å². The molecule has 0 saturated carbocycles. The molecule has 5 nitrogen and oxygen atoms in total. The molecule has 0 bridgehead atoms. The number of alkyl halides is 1. The molecule has 0 unspecified atom stereocenters. The molecule has 0 saturated heterocycles. The van der Waals surface area contributed by atoms with E-state index in [1.54, 1.807) is 18.4 Å². The fourth-order valence-corrected chi connectivity index (χ4v) is 4.72. The highest BCUT2D eigenvalue weighted by Crippen LogP contribution is 2.38. The number of fused-ring (bicyclic) bond motifs is 1. The van der Waals surface area contributed by atoms with E-state index in [9.17, 15) is 9.59 Å². The van der Waals surface area contributed by atoms with Gasteiger partial charge in [0.15, 0.2) is 0 Å². The standard InChI is InChI=1S/C21H25ClN2O3S/c1-15-5-3-4-6-16(15)21-17-8-12-28-18(17)7-9-24(21)20(26)14-23(10-11-27-2)19(25)13-22/h3-6,8,12,21H,7,9-11,13-14H2,1-2H3/t21-/m0/s1. The number of methoxy groups -OCH3 is 1. The smallest absolute Gasteiger partial charge is 0.242 e. The third-order valence-electron chi connectivity index (χ3n) is 5.13. The third kappa shape index (κ3) is 4.40. The quantitative estimate of drug-likeness (QED) is 0.646. The lowest BCUT2D eigenvalue weighted by molar-refractivity contribution is -0.141. The molecule has 150 valence electrons. The van der Waals surface area contributed by atoms with Crippen molar-refractivity contribution in [3.8, 4) is 0 Å². The molecule has 1 aliphatic heterocycles. The van der Waals surface area contributed by atoms with E-state index in [0.29, 0.717) is 19.7 Å². The van der Waals surface area contributed by atoms with Gasteiger partial charge in [-0.1, -0.05) is 24.3 Å². The number of benzene rings is 1. The molecule has 1 aliphatic rings. The maximum atomic E-state index is 13.3. The second kappa shape index (κ2) is 9.54. The van der Waals surface area contributed by atoms with Crippen molar-refractivity contribution in [2.75, 3.05) is 39.2 Å². The van der Waals surface area contributed by atoms with Crippen LogP contribution in [0.25, 0.3) is 0 Å².